The topological polar surface area (TPSA) is 146 Å². The average Bonchev–Trinajstić information content (AvgIpc) is 3.76. The predicted molar refractivity (Wildman–Crippen MR) is 150 cm³/mol. The van der Waals surface area contributed by atoms with Crippen molar-refractivity contribution in [1.82, 2.24) is 14.9 Å². The van der Waals surface area contributed by atoms with Gasteiger partial charge in [-0.3, -0.25) is 9.36 Å². The Morgan fingerprint density at radius 1 is 0.884 bits per heavy atom. The second kappa shape index (κ2) is 12.4. The minimum absolute atomic E-state index is 0.0888. The summed E-state index contributed by atoms with van der Waals surface area (Å²) in [6.45, 7) is 3.16. The van der Waals surface area contributed by atoms with Gasteiger partial charge in [-0.05, 0) is 44.8 Å². The Balaban J connectivity index is 1.29. The van der Waals surface area contributed by atoms with Crippen LogP contribution in [-0.2, 0) is 47.5 Å². The summed E-state index contributed by atoms with van der Waals surface area (Å²) >= 11 is 5.53. The molecule has 1 aromatic heterocycles. The molecule has 0 bridgehead atoms. The molecular formula is C29H39N3O10S. The molecule has 2 spiro atoms. The Bertz CT molecular complexity index is 1200. The molecule has 2 aliphatic heterocycles. The fraction of sp³-hybridized carbons (Fsp3) is 0.759. The highest BCUT2D eigenvalue weighted by Gasteiger charge is 2.65. The first kappa shape index (κ1) is 30.4. The number of carbonyl (C=O) groups is 3. The van der Waals surface area contributed by atoms with E-state index in [2.05, 4.69) is 10.3 Å². The van der Waals surface area contributed by atoms with Crippen molar-refractivity contribution in [3.8, 4) is 0 Å². The number of nitrogens with zero attached hydrogens (tertiary/aromatic N) is 2. The molecular weight excluding hydrogens is 582 g/mol. The van der Waals surface area contributed by atoms with Gasteiger partial charge in [0.2, 0.25) is 5.91 Å². The summed E-state index contributed by atoms with van der Waals surface area (Å²) in [7, 11) is 0. The number of fused-ring (bicyclic) bond motifs is 1. The van der Waals surface area contributed by atoms with Gasteiger partial charge in [-0.1, -0.05) is 12.8 Å². The van der Waals surface area contributed by atoms with Crippen LogP contribution in [0.3, 0.4) is 0 Å². The average molecular weight is 622 g/mol. The van der Waals surface area contributed by atoms with Gasteiger partial charge in [0.05, 0.1) is 6.61 Å². The summed E-state index contributed by atoms with van der Waals surface area (Å²) in [5, 5.41) is 2.96. The first-order valence-corrected chi connectivity index (χ1v) is 15.7. The third-order valence-corrected chi connectivity index (χ3v) is 9.20. The Hall–Kier alpha value is -2.65. The molecule has 1 aromatic rings. The molecule has 5 aliphatic rings. The molecule has 3 aliphatic carbocycles. The first-order valence-electron chi connectivity index (χ1n) is 15.3. The van der Waals surface area contributed by atoms with Gasteiger partial charge in [0.1, 0.15) is 24.6 Å². The summed E-state index contributed by atoms with van der Waals surface area (Å²) in [6.07, 6.45) is 6.78. The number of amides is 1. The molecule has 5 fully saturated rings. The maximum Gasteiger partial charge on any atom is 0.339 e. The van der Waals surface area contributed by atoms with E-state index in [0.717, 1.165) is 38.5 Å². The number of nitrogens with one attached hydrogen (secondary N) is 1. The van der Waals surface area contributed by atoms with Crippen molar-refractivity contribution in [1.29, 1.82) is 0 Å². The molecule has 0 radical (unpaired) electrons. The third kappa shape index (κ3) is 6.04. The molecule has 0 aromatic carbocycles. The predicted octanol–water partition coefficient (Wildman–Crippen LogP) is 2.28. The third-order valence-electron chi connectivity index (χ3n) is 8.90. The first-order chi connectivity index (χ1) is 20.7. The van der Waals surface area contributed by atoms with E-state index in [1.54, 1.807) is 19.3 Å². The highest BCUT2D eigenvalue weighted by molar-refractivity contribution is 7.80. The van der Waals surface area contributed by atoms with Crippen LogP contribution in [0.25, 0.3) is 0 Å². The number of hydrogen-bond acceptors (Lipinski definition) is 12. The van der Waals surface area contributed by atoms with Crippen molar-refractivity contribution in [2.45, 2.75) is 132 Å². The smallest absolute Gasteiger partial charge is 0.339 e. The fourth-order valence-electron chi connectivity index (χ4n) is 7.02. The molecule has 2 saturated heterocycles. The van der Waals surface area contributed by atoms with Crippen molar-refractivity contribution < 1.29 is 47.5 Å². The Morgan fingerprint density at radius 2 is 1.44 bits per heavy atom. The van der Waals surface area contributed by atoms with Crippen LogP contribution < -0.4 is 5.32 Å². The molecule has 3 heterocycles. The fourth-order valence-corrected chi connectivity index (χ4v) is 7.24. The summed E-state index contributed by atoms with van der Waals surface area (Å²) < 4.78 is 44.6. The van der Waals surface area contributed by atoms with E-state index in [0.29, 0.717) is 25.7 Å². The van der Waals surface area contributed by atoms with E-state index in [4.69, 9.17) is 45.4 Å². The molecule has 1 amide bonds. The zero-order valence-electron chi connectivity index (χ0n) is 24.4. The molecule has 43 heavy (non-hydrogen) atoms. The number of esters is 2. The van der Waals surface area contributed by atoms with Gasteiger partial charge in [0, 0.05) is 45.0 Å². The summed E-state index contributed by atoms with van der Waals surface area (Å²) in [4.78, 5) is 43.3. The normalized spacial score (nSPS) is 34.0. The van der Waals surface area contributed by atoms with Crippen LogP contribution in [0.1, 0.15) is 78.1 Å². The lowest BCUT2D eigenvalue weighted by Crippen LogP contribution is -2.53. The number of rotatable bonds is 6. The van der Waals surface area contributed by atoms with Crippen molar-refractivity contribution in [2.24, 2.45) is 0 Å². The molecule has 1 N–H and O–H groups in total. The van der Waals surface area contributed by atoms with Crippen LogP contribution >= 0.6 is 12.2 Å². The summed E-state index contributed by atoms with van der Waals surface area (Å²) in [5.41, 5.74) is 0. The van der Waals surface area contributed by atoms with Crippen molar-refractivity contribution in [3.63, 3.8) is 0 Å². The molecule has 6 rings (SSSR count). The molecule has 0 unspecified atom stereocenters. The lowest BCUT2D eigenvalue weighted by Gasteiger charge is -2.36. The quantitative estimate of drug-likeness (QED) is 0.367. The molecule has 3 saturated carbocycles. The number of carbonyl (C=O) groups excluding carboxylic acids is 3. The van der Waals surface area contributed by atoms with Crippen molar-refractivity contribution >= 4 is 35.2 Å². The monoisotopic (exact) mass is 621 g/mol. The van der Waals surface area contributed by atoms with E-state index in [9.17, 15) is 14.4 Å². The highest BCUT2D eigenvalue weighted by Crippen LogP contribution is 2.48. The van der Waals surface area contributed by atoms with Gasteiger partial charge in [0.25, 0.3) is 5.17 Å². The second-order valence-corrected chi connectivity index (χ2v) is 12.2. The number of imidazole rings is 1. The second-order valence-electron chi connectivity index (χ2n) is 11.9. The minimum atomic E-state index is -1.36. The lowest BCUT2D eigenvalue weighted by atomic mass is 9.94. The van der Waals surface area contributed by atoms with Crippen molar-refractivity contribution in [3.05, 3.63) is 18.7 Å². The zero-order chi connectivity index (χ0) is 30.2. The van der Waals surface area contributed by atoms with Gasteiger partial charge in [-0.25, -0.2) is 14.6 Å². The van der Waals surface area contributed by atoms with Crippen LogP contribution in [0.4, 0.5) is 0 Å². The summed E-state index contributed by atoms with van der Waals surface area (Å²) in [5.74, 6) is -3.79. The Morgan fingerprint density at radius 3 is 1.98 bits per heavy atom. The molecule has 7 atom stereocenters. The Labute approximate surface area is 255 Å². The SMILES string of the molecule is CCOC(=O)[C@@H]1OC2(CCCCC2)O[C@H]1C(=O)O[C@H]1[C@H](NC(C)=O)[C@@H](OC(=S)n2ccnc2)[C@@H]2OC3(CCCCC3)O[C@@H]21. The maximum absolute atomic E-state index is 13.9. The number of ether oxygens (including phenoxy) is 7. The largest absolute Gasteiger partial charge is 0.464 e. The van der Waals surface area contributed by atoms with E-state index in [1.807, 2.05) is 0 Å². The number of aromatic nitrogens is 2. The lowest BCUT2D eigenvalue weighted by molar-refractivity contribution is -0.221. The maximum atomic E-state index is 13.9. The standard InChI is InChI=1S/C29H39N3O10S/c1-3-36-25(34)23-24(42-29(41-23)12-8-5-9-13-29)26(35)37-19-18(31-17(2)33)20(38-27(43)32-15-14-30-16-32)22-21(19)39-28(40-22)10-6-4-7-11-28/h14-16,18-24H,3-13H2,1-2H3,(H,31,33)/t18-,19-,20+,21+,22-,23+,24+/m0/s1. The number of hydrogen-bond donors (Lipinski definition) is 1. The van der Waals surface area contributed by atoms with Gasteiger partial charge in [0.15, 0.2) is 36.0 Å². The van der Waals surface area contributed by atoms with Gasteiger partial charge in [-0.15, -0.1) is 0 Å². The van der Waals surface area contributed by atoms with Crippen LogP contribution in [0, 0.1) is 0 Å². The molecule has 14 heteroatoms. The van der Waals surface area contributed by atoms with E-state index < -0.39 is 66.2 Å². The summed E-state index contributed by atoms with van der Waals surface area (Å²) in [6, 6.07) is -0.883. The molecule has 13 nitrogen and oxygen atoms in total. The van der Waals surface area contributed by atoms with Gasteiger partial charge >= 0.3 is 11.9 Å². The van der Waals surface area contributed by atoms with E-state index in [1.165, 1.54) is 17.8 Å². The zero-order valence-corrected chi connectivity index (χ0v) is 25.3. The van der Waals surface area contributed by atoms with Crippen LogP contribution in [0.15, 0.2) is 18.7 Å². The minimum Gasteiger partial charge on any atom is -0.464 e. The Kier molecular flexibility index (Phi) is 8.75. The van der Waals surface area contributed by atoms with Crippen LogP contribution in [-0.4, -0.2) is 93.4 Å². The van der Waals surface area contributed by atoms with Gasteiger partial charge < -0.3 is 38.5 Å². The van der Waals surface area contributed by atoms with Crippen molar-refractivity contribution in [2.75, 3.05) is 6.61 Å². The number of thiocarbonyl (C=S) groups is 1. The van der Waals surface area contributed by atoms with E-state index in [-0.39, 0.29) is 17.7 Å². The van der Waals surface area contributed by atoms with Gasteiger partial charge in [-0.2, -0.15) is 0 Å². The van der Waals surface area contributed by atoms with E-state index >= 15 is 0 Å². The van der Waals surface area contributed by atoms with Crippen LogP contribution in [0.2, 0.25) is 0 Å². The molecule has 236 valence electrons. The van der Waals surface area contributed by atoms with Crippen LogP contribution in [0.5, 0.6) is 0 Å². The highest BCUT2D eigenvalue weighted by atomic mass is 32.1.